The van der Waals surface area contributed by atoms with Crippen molar-refractivity contribution in [1.82, 2.24) is 9.80 Å². The van der Waals surface area contributed by atoms with Crippen molar-refractivity contribution in [3.8, 4) is 0 Å². The highest BCUT2D eigenvalue weighted by atomic mass is 35.5. The standard InChI is InChI=1S/C25H28Cl2N2O3/c1-5-28(6-2)11-12-29-22(17-9-10-19(26)20(27)14-17)21(24(31)25(29)32)23(30)18-13-15(3)7-8-16(18)4/h7-10,13-14,22,30H,5-6,11-12H2,1-4H3. The number of Topliss-reactive ketones (excluding diaryl/α,β-unsaturated/α-hetero) is 1. The smallest absolute Gasteiger partial charge is 0.295 e. The molecule has 3 rings (SSSR count). The molecule has 0 saturated carbocycles. The Morgan fingerprint density at radius 1 is 1.03 bits per heavy atom. The Kier molecular flexibility index (Phi) is 7.65. The summed E-state index contributed by atoms with van der Waals surface area (Å²) in [4.78, 5) is 29.9. The van der Waals surface area contributed by atoms with Crippen molar-refractivity contribution in [2.45, 2.75) is 33.7 Å². The number of carbonyl (C=O) groups is 2. The molecule has 1 saturated heterocycles. The van der Waals surface area contributed by atoms with Crippen LogP contribution >= 0.6 is 23.2 Å². The van der Waals surface area contributed by atoms with E-state index in [2.05, 4.69) is 18.7 Å². The van der Waals surface area contributed by atoms with Crippen LogP contribution in [0.15, 0.2) is 42.0 Å². The summed E-state index contributed by atoms with van der Waals surface area (Å²) in [5.41, 5.74) is 3.00. The van der Waals surface area contributed by atoms with Crippen LogP contribution in [0.4, 0.5) is 0 Å². The van der Waals surface area contributed by atoms with Crippen LogP contribution in [-0.2, 0) is 9.59 Å². The van der Waals surface area contributed by atoms with Crippen molar-refractivity contribution in [3.63, 3.8) is 0 Å². The predicted molar refractivity (Wildman–Crippen MR) is 129 cm³/mol. The van der Waals surface area contributed by atoms with Gasteiger partial charge in [0.15, 0.2) is 0 Å². The van der Waals surface area contributed by atoms with Crippen LogP contribution in [0.1, 0.15) is 42.1 Å². The van der Waals surface area contributed by atoms with Gasteiger partial charge in [0, 0.05) is 18.7 Å². The highest BCUT2D eigenvalue weighted by Gasteiger charge is 2.46. The van der Waals surface area contributed by atoms with E-state index >= 15 is 0 Å². The summed E-state index contributed by atoms with van der Waals surface area (Å²) in [7, 11) is 0. The van der Waals surface area contributed by atoms with Gasteiger partial charge < -0.3 is 14.9 Å². The highest BCUT2D eigenvalue weighted by Crippen LogP contribution is 2.41. The molecule has 1 heterocycles. The zero-order valence-electron chi connectivity index (χ0n) is 18.8. The first-order valence-electron chi connectivity index (χ1n) is 10.7. The average molecular weight is 475 g/mol. The maximum atomic E-state index is 13.2. The van der Waals surface area contributed by atoms with E-state index in [4.69, 9.17) is 23.2 Å². The zero-order valence-corrected chi connectivity index (χ0v) is 20.3. The lowest BCUT2D eigenvalue weighted by Gasteiger charge is -2.28. The van der Waals surface area contributed by atoms with E-state index in [-0.39, 0.29) is 11.3 Å². The first-order valence-corrected chi connectivity index (χ1v) is 11.5. The van der Waals surface area contributed by atoms with Crippen LogP contribution in [0.3, 0.4) is 0 Å². The van der Waals surface area contributed by atoms with E-state index in [0.29, 0.717) is 34.3 Å². The van der Waals surface area contributed by atoms with Crippen molar-refractivity contribution in [3.05, 3.63) is 74.3 Å². The van der Waals surface area contributed by atoms with Gasteiger partial charge in [0.1, 0.15) is 5.76 Å². The molecule has 0 aliphatic carbocycles. The van der Waals surface area contributed by atoms with E-state index in [0.717, 1.165) is 24.2 Å². The second-order valence-electron chi connectivity index (χ2n) is 8.01. The molecule has 2 aromatic carbocycles. The normalized spacial score (nSPS) is 18.1. The molecule has 1 fully saturated rings. The molecule has 32 heavy (non-hydrogen) atoms. The molecule has 1 amide bonds. The lowest BCUT2D eigenvalue weighted by atomic mass is 9.93. The van der Waals surface area contributed by atoms with Crippen molar-refractivity contribution < 1.29 is 14.7 Å². The first-order chi connectivity index (χ1) is 15.2. The molecular weight excluding hydrogens is 447 g/mol. The molecule has 170 valence electrons. The Labute approximate surface area is 199 Å². The van der Waals surface area contributed by atoms with E-state index in [1.807, 2.05) is 32.0 Å². The fraction of sp³-hybridized carbons (Fsp3) is 0.360. The topological polar surface area (TPSA) is 60.9 Å². The van der Waals surface area contributed by atoms with E-state index in [1.54, 1.807) is 18.2 Å². The monoisotopic (exact) mass is 474 g/mol. The number of hydrogen-bond acceptors (Lipinski definition) is 4. The molecule has 1 N–H and O–H groups in total. The minimum Gasteiger partial charge on any atom is -0.507 e. The van der Waals surface area contributed by atoms with Crippen LogP contribution in [0, 0.1) is 13.8 Å². The van der Waals surface area contributed by atoms with Crippen molar-refractivity contribution in [2.24, 2.45) is 0 Å². The van der Waals surface area contributed by atoms with Gasteiger partial charge in [-0.1, -0.05) is 60.8 Å². The minimum atomic E-state index is -0.750. The molecule has 1 aliphatic rings. The second kappa shape index (κ2) is 10.1. The van der Waals surface area contributed by atoms with Crippen molar-refractivity contribution in [2.75, 3.05) is 26.2 Å². The molecule has 0 radical (unpaired) electrons. The quantitative estimate of drug-likeness (QED) is 0.332. The molecule has 2 aromatic rings. The predicted octanol–water partition coefficient (Wildman–Crippen LogP) is 5.37. The first kappa shape index (κ1) is 24.3. The minimum absolute atomic E-state index is 0.0710. The number of carbonyl (C=O) groups excluding carboxylic acids is 2. The van der Waals surface area contributed by atoms with Gasteiger partial charge in [-0.05, 0) is 56.3 Å². The number of aliphatic hydroxyl groups excluding tert-OH is 1. The number of halogens is 2. The number of rotatable bonds is 7. The number of likely N-dealkylation sites (N-methyl/N-ethyl adjacent to an activating group) is 1. The fourth-order valence-electron chi connectivity index (χ4n) is 4.06. The average Bonchev–Trinajstić information content (AvgIpc) is 3.02. The molecule has 0 bridgehead atoms. The SMILES string of the molecule is CCN(CC)CCN1C(=O)C(=O)C(=C(O)c2cc(C)ccc2C)C1c1ccc(Cl)c(Cl)c1. The van der Waals surface area contributed by atoms with Gasteiger partial charge in [0.25, 0.3) is 11.7 Å². The van der Waals surface area contributed by atoms with Gasteiger partial charge in [0.05, 0.1) is 21.7 Å². The Balaban J connectivity index is 2.17. The van der Waals surface area contributed by atoms with Crippen LogP contribution < -0.4 is 0 Å². The van der Waals surface area contributed by atoms with Crippen molar-refractivity contribution >= 4 is 40.7 Å². The highest BCUT2D eigenvalue weighted by molar-refractivity contribution is 6.47. The molecule has 1 aliphatic heterocycles. The third-order valence-electron chi connectivity index (χ3n) is 6.00. The van der Waals surface area contributed by atoms with Gasteiger partial charge in [0.2, 0.25) is 0 Å². The van der Waals surface area contributed by atoms with Gasteiger partial charge in [-0.25, -0.2) is 0 Å². The third kappa shape index (κ3) is 4.70. The number of aliphatic hydroxyl groups is 1. The fourth-order valence-corrected chi connectivity index (χ4v) is 4.37. The summed E-state index contributed by atoms with van der Waals surface area (Å²) in [5, 5.41) is 12.0. The Bertz CT molecular complexity index is 1080. The largest absolute Gasteiger partial charge is 0.507 e. The summed E-state index contributed by atoms with van der Waals surface area (Å²) in [6, 6.07) is 9.93. The van der Waals surface area contributed by atoms with Gasteiger partial charge >= 0.3 is 0 Å². The number of aryl methyl sites for hydroxylation is 2. The maximum absolute atomic E-state index is 13.2. The molecule has 5 nitrogen and oxygen atoms in total. The molecule has 1 unspecified atom stereocenters. The van der Waals surface area contributed by atoms with Gasteiger partial charge in [-0.15, -0.1) is 0 Å². The van der Waals surface area contributed by atoms with Gasteiger partial charge in [-0.3, -0.25) is 9.59 Å². The summed E-state index contributed by atoms with van der Waals surface area (Å²) in [5.74, 6) is -1.50. The Morgan fingerprint density at radius 2 is 1.72 bits per heavy atom. The van der Waals surface area contributed by atoms with E-state index in [1.165, 1.54) is 4.90 Å². The van der Waals surface area contributed by atoms with Crippen molar-refractivity contribution in [1.29, 1.82) is 0 Å². The number of benzene rings is 2. The Hall–Kier alpha value is -2.34. The van der Waals surface area contributed by atoms with Crippen LogP contribution in [0.5, 0.6) is 0 Å². The number of amides is 1. The molecular formula is C25H28Cl2N2O3. The number of likely N-dealkylation sites (tertiary alicyclic amines) is 1. The zero-order chi connectivity index (χ0) is 23.6. The number of hydrogen-bond donors (Lipinski definition) is 1. The lowest BCUT2D eigenvalue weighted by molar-refractivity contribution is -0.140. The lowest BCUT2D eigenvalue weighted by Crippen LogP contribution is -2.38. The Morgan fingerprint density at radius 3 is 2.34 bits per heavy atom. The molecule has 7 heteroatoms. The molecule has 0 spiro atoms. The molecule has 1 atom stereocenters. The summed E-state index contributed by atoms with van der Waals surface area (Å²) >= 11 is 12.4. The van der Waals surface area contributed by atoms with Crippen LogP contribution in [0.25, 0.3) is 5.76 Å². The maximum Gasteiger partial charge on any atom is 0.295 e. The number of ketones is 1. The van der Waals surface area contributed by atoms with Crippen LogP contribution in [-0.4, -0.2) is 52.8 Å². The van der Waals surface area contributed by atoms with Gasteiger partial charge in [-0.2, -0.15) is 0 Å². The number of nitrogens with zero attached hydrogens (tertiary/aromatic N) is 2. The molecule has 0 aromatic heterocycles. The third-order valence-corrected chi connectivity index (χ3v) is 6.74. The second-order valence-corrected chi connectivity index (χ2v) is 8.83. The van der Waals surface area contributed by atoms with E-state index < -0.39 is 17.7 Å². The van der Waals surface area contributed by atoms with Crippen LogP contribution in [0.2, 0.25) is 10.0 Å². The van der Waals surface area contributed by atoms with E-state index in [9.17, 15) is 14.7 Å². The summed E-state index contributed by atoms with van der Waals surface area (Å²) < 4.78 is 0. The summed E-state index contributed by atoms with van der Waals surface area (Å²) in [6.45, 7) is 10.5. The summed E-state index contributed by atoms with van der Waals surface area (Å²) in [6.07, 6.45) is 0.